The molecular formula is C20H21N5O2S2. The van der Waals surface area contributed by atoms with Gasteiger partial charge in [-0.05, 0) is 43.6 Å². The van der Waals surface area contributed by atoms with Crippen LogP contribution in [0, 0.1) is 13.8 Å². The van der Waals surface area contributed by atoms with Gasteiger partial charge >= 0.3 is 0 Å². The van der Waals surface area contributed by atoms with Gasteiger partial charge in [0.05, 0.1) is 10.5 Å². The van der Waals surface area contributed by atoms with Crippen LogP contribution in [0.4, 0.5) is 0 Å². The molecule has 0 N–H and O–H groups in total. The van der Waals surface area contributed by atoms with Crippen molar-refractivity contribution < 1.29 is 9.59 Å². The van der Waals surface area contributed by atoms with Crippen LogP contribution >= 0.6 is 23.3 Å². The van der Waals surface area contributed by atoms with E-state index in [1.54, 1.807) is 16.0 Å². The SMILES string of the molecule is Cc1ccc2snc(C(=O)N3CCN(C(=O)CSc4nccc(C)n4)CC3)c2c1. The highest BCUT2D eigenvalue weighted by molar-refractivity contribution is 7.99. The molecule has 2 amide bonds. The smallest absolute Gasteiger partial charge is 0.274 e. The van der Waals surface area contributed by atoms with E-state index in [0.717, 1.165) is 21.3 Å². The van der Waals surface area contributed by atoms with Gasteiger partial charge < -0.3 is 9.80 Å². The second-order valence-corrected chi connectivity index (χ2v) is 8.72. The molecule has 1 aliphatic rings. The van der Waals surface area contributed by atoms with E-state index in [9.17, 15) is 9.59 Å². The summed E-state index contributed by atoms with van der Waals surface area (Å²) in [6, 6.07) is 7.87. The molecule has 1 fully saturated rings. The Balaban J connectivity index is 1.34. The number of piperazine rings is 1. The van der Waals surface area contributed by atoms with Crippen LogP contribution in [0.25, 0.3) is 10.1 Å². The van der Waals surface area contributed by atoms with Crippen LogP contribution in [0.5, 0.6) is 0 Å². The Morgan fingerprint density at radius 3 is 2.62 bits per heavy atom. The summed E-state index contributed by atoms with van der Waals surface area (Å²) in [4.78, 5) is 37.5. The third-order valence-electron chi connectivity index (χ3n) is 4.85. The lowest BCUT2D eigenvalue weighted by Gasteiger charge is -2.34. The van der Waals surface area contributed by atoms with E-state index in [1.165, 1.54) is 23.3 Å². The van der Waals surface area contributed by atoms with E-state index in [1.807, 2.05) is 38.1 Å². The molecule has 29 heavy (non-hydrogen) atoms. The molecule has 3 heterocycles. The van der Waals surface area contributed by atoms with E-state index in [4.69, 9.17) is 0 Å². The summed E-state index contributed by atoms with van der Waals surface area (Å²) in [6.07, 6.45) is 1.70. The number of aryl methyl sites for hydroxylation is 2. The molecule has 7 nitrogen and oxygen atoms in total. The van der Waals surface area contributed by atoms with Crippen molar-refractivity contribution in [2.24, 2.45) is 0 Å². The molecule has 0 atom stereocenters. The van der Waals surface area contributed by atoms with Crippen LogP contribution in [0.15, 0.2) is 35.6 Å². The number of fused-ring (bicyclic) bond motifs is 1. The van der Waals surface area contributed by atoms with Crippen molar-refractivity contribution in [1.29, 1.82) is 0 Å². The van der Waals surface area contributed by atoms with Crippen molar-refractivity contribution in [2.45, 2.75) is 19.0 Å². The molecule has 0 bridgehead atoms. The Kier molecular flexibility index (Phi) is 5.77. The maximum atomic E-state index is 13.0. The van der Waals surface area contributed by atoms with Crippen LogP contribution in [0.2, 0.25) is 0 Å². The molecule has 0 radical (unpaired) electrons. The van der Waals surface area contributed by atoms with Crippen molar-refractivity contribution in [2.75, 3.05) is 31.9 Å². The maximum absolute atomic E-state index is 13.0. The average molecular weight is 428 g/mol. The van der Waals surface area contributed by atoms with E-state index in [0.29, 0.717) is 42.8 Å². The number of hydrogen-bond acceptors (Lipinski definition) is 7. The minimum atomic E-state index is -0.0588. The summed E-state index contributed by atoms with van der Waals surface area (Å²) in [5.74, 6) is 0.284. The highest BCUT2D eigenvalue weighted by Gasteiger charge is 2.27. The summed E-state index contributed by atoms with van der Waals surface area (Å²) in [6.45, 7) is 6.00. The molecule has 0 aliphatic carbocycles. The van der Waals surface area contributed by atoms with Gasteiger partial charge in [-0.15, -0.1) is 0 Å². The molecule has 1 aromatic carbocycles. The molecule has 1 saturated heterocycles. The summed E-state index contributed by atoms with van der Waals surface area (Å²) < 4.78 is 5.41. The van der Waals surface area contributed by atoms with E-state index in [2.05, 4.69) is 14.3 Å². The van der Waals surface area contributed by atoms with Gasteiger partial charge in [-0.1, -0.05) is 23.4 Å². The van der Waals surface area contributed by atoms with E-state index >= 15 is 0 Å². The second kappa shape index (κ2) is 8.46. The van der Waals surface area contributed by atoms with Gasteiger partial charge in [0.25, 0.3) is 5.91 Å². The second-order valence-electron chi connectivity index (χ2n) is 6.97. The standard InChI is InChI=1S/C20H21N5O2S2/c1-13-3-4-16-15(11-13)18(23-29-16)19(27)25-9-7-24(8-10-25)17(26)12-28-20-21-6-5-14(2)22-20/h3-6,11H,7-10,12H2,1-2H3. The van der Waals surface area contributed by atoms with Crippen molar-refractivity contribution >= 4 is 45.2 Å². The number of carbonyl (C=O) groups is 2. The number of thioether (sulfide) groups is 1. The van der Waals surface area contributed by atoms with Crippen molar-refractivity contribution in [3.8, 4) is 0 Å². The highest BCUT2D eigenvalue weighted by Crippen LogP contribution is 2.25. The van der Waals surface area contributed by atoms with Crippen LogP contribution in [-0.2, 0) is 4.79 Å². The Morgan fingerprint density at radius 2 is 1.86 bits per heavy atom. The fourth-order valence-electron chi connectivity index (χ4n) is 3.23. The zero-order valence-corrected chi connectivity index (χ0v) is 17.9. The highest BCUT2D eigenvalue weighted by atomic mass is 32.2. The molecule has 3 aromatic rings. The molecular weight excluding hydrogens is 406 g/mol. The lowest BCUT2D eigenvalue weighted by molar-refractivity contribution is -0.129. The minimum Gasteiger partial charge on any atom is -0.338 e. The number of hydrogen-bond donors (Lipinski definition) is 0. The van der Waals surface area contributed by atoms with Gasteiger partial charge in [-0.3, -0.25) is 9.59 Å². The van der Waals surface area contributed by atoms with Gasteiger partial charge in [0, 0.05) is 43.5 Å². The predicted molar refractivity (Wildman–Crippen MR) is 114 cm³/mol. The minimum absolute atomic E-state index is 0.0435. The van der Waals surface area contributed by atoms with Crippen LogP contribution in [0.1, 0.15) is 21.7 Å². The van der Waals surface area contributed by atoms with Crippen LogP contribution in [0.3, 0.4) is 0 Å². The molecule has 0 spiro atoms. The Morgan fingerprint density at radius 1 is 1.10 bits per heavy atom. The molecule has 150 valence electrons. The van der Waals surface area contributed by atoms with Gasteiger partial charge in [-0.2, -0.15) is 4.37 Å². The quantitative estimate of drug-likeness (QED) is 0.471. The fourth-order valence-corrected chi connectivity index (χ4v) is 4.76. The number of benzene rings is 1. The summed E-state index contributed by atoms with van der Waals surface area (Å²) in [5, 5.41) is 1.52. The van der Waals surface area contributed by atoms with Crippen LogP contribution in [-0.4, -0.2) is 67.9 Å². The Bertz CT molecular complexity index is 1060. The third kappa shape index (κ3) is 4.40. The fraction of sp³-hybridized carbons (Fsp3) is 0.350. The summed E-state index contributed by atoms with van der Waals surface area (Å²) in [5.41, 5.74) is 2.50. The van der Waals surface area contributed by atoms with Crippen molar-refractivity contribution in [3.05, 3.63) is 47.4 Å². The van der Waals surface area contributed by atoms with Crippen molar-refractivity contribution in [1.82, 2.24) is 24.1 Å². The normalized spacial score (nSPS) is 14.4. The zero-order valence-electron chi connectivity index (χ0n) is 16.3. The Labute approximate surface area is 177 Å². The lowest BCUT2D eigenvalue weighted by atomic mass is 10.1. The summed E-state index contributed by atoms with van der Waals surface area (Å²) >= 11 is 2.69. The van der Waals surface area contributed by atoms with E-state index < -0.39 is 0 Å². The lowest BCUT2D eigenvalue weighted by Crippen LogP contribution is -2.51. The first-order chi connectivity index (χ1) is 14.0. The number of amides is 2. The van der Waals surface area contributed by atoms with Gasteiger partial charge in [0.15, 0.2) is 5.16 Å². The number of carbonyl (C=O) groups excluding carboxylic acids is 2. The average Bonchev–Trinajstić information content (AvgIpc) is 3.14. The molecule has 1 aliphatic heterocycles. The summed E-state index contributed by atoms with van der Waals surface area (Å²) in [7, 11) is 0. The van der Waals surface area contributed by atoms with Gasteiger partial charge in [-0.25, -0.2) is 9.97 Å². The first-order valence-electron chi connectivity index (χ1n) is 9.37. The maximum Gasteiger partial charge on any atom is 0.274 e. The van der Waals surface area contributed by atoms with E-state index in [-0.39, 0.29) is 11.8 Å². The number of nitrogens with zero attached hydrogens (tertiary/aromatic N) is 5. The third-order valence-corrected chi connectivity index (χ3v) is 6.52. The zero-order chi connectivity index (χ0) is 20.4. The molecule has 2 aromatic heterocycles. The first-order valence-corrected chi connectivity index (χ1v) is 11.1. The molecule has 0 unspecified atom stereocenters. The molecule has 0 saturated carbocycles. The first kappa shape index (κ1) is 19.8. The molecule has 9 heteroatoms. The molecule has 4 rings (SSSR count). The number of rotatable bonds is 4. The largest absolute Gasteiger partial charge is 0.338 e. The Hall–Kier alpha value is -2.52. The number of aromatic nitrogens is 3. The topological polar surface area (TPSA) is 79.3 Å². The van der Waals surface area contributed by atoms with Crippen molar-refractivity contribution in [3.63, 3.8) is 0 Å². The monoisotopic (exact) mass is 427 g/mol. The predicted octanol–water partition coefficient (Wildman–Crippen LogP) is 2.78. The van der Waals surface area contributed by atoms with Gasteiger partial charge in [0.1, 0.15) is 5.69 Å². The van der Waals surface area contributed by atoms with Gasteiger partial charge in [0.2, 0.25) is 5.91 Å². The van der Waals surface area contributed by atoms with Crippen LogP contribution < -0.4 is 0 Å².